The van der Waals surface area contributed by atoms with Gasteiger partial charge in [-0.1, -0.05) is 6.07 Å². The summed E-state index contributed by atoms with van der Waals surface area (Å²) in [6, 6.07) is 6.58. The van der Waals surface area contributed by atoms with Gasteiger partial charge in [0.2, 0.25) is 0 Å². The van der Waals surface area contributed by atoms with Gasteiger partial charge in [0.05, 0.1) is 0 Å². The molecule has 0 saturated carbocycles. The van der Waals surface area contributed by atoms with Gasteiger partial charge in [-0.25, -0.2) is 9.07 Å². The molecule has 2 rings (SSSR count). The number of halogens is 2. The van der Waals surface area contributed by atoms with E-state index in [9.17, 15) is 4.39 Å². The maximum atomic E-state index is 13.3. The Balaban J connectivity index is 2.64. The van der Waals surface area contributed by atoms with Gasteiger partial charge in [-0.3, -0.25) is 0 Å². The molecular formula is C9H6BrFN2. The summed E-state index contributed by atoms with van der Waals surface area (Å²) in [5, 5.41) is 3.95. The summed E-state index contributed by atoms with van der Waals surface area (Å²) in [6.07, 6.45) is 3.31. The van der Waals surface area contributed by atoms with Crippen molar-refractivity contribution >= 4 is 15.9 Å². The van der Waals surface area contributed by atoms with Crippen molar-refractivity contribution < 1.29 is 4.39 Å². The molecule has 0 aliphatic carbocycles. The summed E-state index contributed by atoms with van der Waals surface area (Å²) in [6.45, 7) is 0. The van der Waals surface area contributed by atoms with E-state index in [0.717, 1.165) is 0 Å². The highest BCUT2D eigenvalue weighted by Gasteiger charge is 2.07. The van der Waals surface area contributed by atoms with E-state index < -0.39 is 0 Å². The molecule has 0 aliphatic rings. The minimum absolute atomic E-state index is 0.293. The first-order valence-corrected chi connectivity index (χ1v) is 4.52. The van der Waals surface area contributed by atoms with Crippen LogP contribution in [0.25, 0.3) is 5.69 Å². The third-order valence-corrected chi connectivity index (χ3v) is 2.31. The Morgan fingerprint density at radius 2 is 2.15 bits per heavy atom. The average molecular weight is 241 g/mol. The molecule has 0 aliphatic heterocycles. The molecule has 0 saturated heterocycles. The number of nitrogens with zero attached hydrogens (tertiary/aromatic N) is 2. The molecule has 0 N–H and O–H groups in total. The van der Waals surface area contributed by atoms with Crippen molar-refractivity contribution in [1.82, 2.24) is 9.78 Å². The van der Waals surface area contributed by atoms with Gasteiger partial charge >= 0.3 is 0 Å². The van der Waals surface area contributed by atoms with E-state index in [1.807, 2.05) is 0 Å². The van der Waals surface area contributed by atoms with Gasteiger partial charge in [-0.2, -0.15) is 5.10 Å². The molecule has 0 unspecified atom stereocenters. The second kappa shape index (κ2) is 3.30. The van der Waals surface area contributed by atoms with E-state index in [-0.39, 0.29) is 5.82 Å². The number of hydrogen-bond acceptors (Lipinski definition) is 1. The van der Waals surface area contributed by atoms with Gasteiger partial charge in [0.15, 0.2) is 0 Å². The Hall–Kier alpha value is -1.16. The fourth-order valence-electron chi connectivity index (χ4n) is 1.11. The predicted molar refractivity (Wildman–Crippen MR) is 51.2 cm³/mol. The Labute approximate surface area is 83.1 Å². The quantitative estimate of drug-likeness (QED) is 0.750. The van der Waals surface area contributed by atoms with E-state index in [0.29, 0.717) is 10.2 Å². The third kappa shape index (κ3) is 1.49. The van der Waals surface area contributed by atoms with E-state index in [4.69, 9.17) is 0 Å². The lowest BCUT2D eigenvalue weighted by atomic mass is 10.3. The van der Waals surface area contributed by atoms with Gasteiger partial charge < -0.3 is 0 Å². The van der Waals surface area contributed by atoms with Crippen molar-refractivity contribution in [3.8, 4) is 5.69 Å². The second-order valence-electron chi connectivity index (χ2n) is 2.52. The summed E-state index contributed by atoms with van der Waals surface area (Å²) < 4.78 is 15.5. The highest BCUT2D eigenvalue weighted by Crippen LogP contribution is 2.22. The Morgan fingerprint density at radius 1 is 1.31 bits per heavy atom. The number of hydrogen-bond donors (Lipinski definition) is 0. The maximum absolute atomic E-state index is 13.3. The van der Waals surface area contributed by atoms with Crippen LogP contribution in [0.4, 0.5) is 4.39 Å². The van der Waals surface area contributed by atoms with E-state index in [1.54, 1.807) is 30.6 Å². The molecular weight excluding hydrogens is 235 g/mol. The van der Waals surface area contributed by atoms with Crippen molar-refractivity contribution in [3.63, 3.8) is 0 Å². The first-order valence-electron chi connectivity index (χ1n) is 3.73. The van der Waals surface area contributed by atoms with Crippen LogP contribution in [0.3, 0.4) is 0 Å². The lowest BCUT2D eigenvalue weighted by molar-refractivity contribution is 0.609. The summed E-state index contributed by atoms with van der Waals surface area (Å²) in [5.74, 6) is -0.293. The molecule has 4 heteroatoms. The van der Waals surface area contributed by atoms with Crippen molar-refractivity contribution in [2.75, 3.05) is 0 Å². The second-order valence-corrected chi connectivity index (χ2v) is 3.38. The molecule has 2 nitrogen and oxygen atoms in total. The summed E-state index contributed by atoms with van der Waals surface area (Å²) in [4.78, 5) is 0. The predicted octanol–water partition coefficient (Wildman–Crippen LogP) is 2.77. The number of benzene rings is 1. The van der Waals surface area contributed by atoms with Crippen LogP contribution in [0.15, 0.2) is 41.1 Å². The zero-order valence-corrected chi connectivity index (χ0v) is 8.20. The monoisotopic (exact) mass is 240 g/mol. The summed E-state index contributed by atoms with van der Waals surface area (Å²) in [7, 11) is 0. The Morgan fingerprint density at radius 3 is 2.77 bits per heavy atom. The molecule has 0 atom stereocenters. The Bertz CT molecular complexity index is 391. The number of rotatable bonds is 1. The van der Waals surface area contributed by atoms with Crippen LogP contribution in [0.5, 0.6) is 0 Å². The van der Waals surface area contributed by atoms with Crippen LogP contribution in [-0.4, -0.2) is 9.78 Å². The fourth-order valence-corrected chi connectivity index (χ4v) is 1.63. The van der Waals surface area contributed by atoms with Crippen LogP contribution in [0.2, 0.25) is 0 Å². The summed E-state index contributed by atoms with van der Waals surface area (Å²) >= 11 is 3.27. The standard InChI is InChI=1S/C9H6BrFN2/c10-7-3-1-4-8(11)9(7)13-6-2-5-12-13/h1-6H. The normalized spacial score (nSPS) is 10.3. The van der Waals surface area contributed by atoms with Gasteiger partial charge in [-0.05, 0) is 34.1 Å². The van der Waals surface area contributed by atoms with Crippen molar-refractivity contribution in [2.45, 2.75) is 0 Å². The molecule has 0 spiro atoms. The summed E-state index contributed by atoms with van der Waals surface area (Å²) in [5.41, 5.74) is 0.438. The van der Waals surface area contributed by atoms with Gasteiger partial charge in [0, 0.05) is 16.9 Å². The third-order valence-electron chi connectivity index (χ3n) is 1.67. The number of aromatic nitrogens is 2. The average Bonchev–Trinajstić information content (AvgIpc) is 2.57. The molecule has 0 fully saturated rings. The minimum atomic E-state index is -0.293. The van der Waals surface area contributed by atoms with E-state index in [2.05, 4.69) is 21.0 Å². The van der Waals surface area contributed by atoms with Crippen molar-refractivity contribution in [2.24, 2.45) is 0 Å². The van der Waals surface area contributed by atoms with Gasteiger partial charge in [0.1, 0.15) is 11.5 Å². The van der Waals surface area contributed by atoms with Gasteiger partial charge in [-0.15, -0.1) is 0 Å². The smallest absolute Gasteiger partial charge is 0.150 e. The molecule has 0 bridgehead atoms. The fraction of sp³-hybridized carbons (Fsp3) is 0. The molecule has 1 heterocycles. The largest absolute Gasteiger partial charge is 0.237 e. The molecule has 0 amide bonds. The van der Waals surface area contributed by atoms with Gasteiger partial charge in [0.25, 0.3) is 0 Å². The van der Waals surface area contributed by atoms with Crippen LogP contribution in [0, 0.1) is 5.82 Å². The minimum Gasteiger partial charge on any atom is -0.237 e. The maximum Gasteiger partial charge on any atom is 0.150 e. The van der Waals surface area contributed by atoms with Crippen LogP contribution in [-0.2, 0) is 0 Å². The molecule has 2 aromatic rings. The topological polar surface area (TPSA) is 17.8 Å². The highest BCUT2D eigenvalue weighted by molar-refractivity contribution is 9.10. The lowest BCUT2D eigenvalue weighted by Crippen LogP contribution is -1.98. The van der Waals surface area contributed by atoms with E-state index >= 15 is 0 Å². The zero-order chi connectivity index (χ0) is 9.26. The van der Waals surface area contributed by atoms with E-state index in [1.165, 1.54) is 10.7 Å². The lowest BCUT2D eigenvalue weighted by Gasteiger charge is -2.04. The highest BCUT2D eigenvalue weighted by atomic mass is 79.9. The molecule has 1 aromatic heterocycles. The number of para-hydroxylation sites is 1. The molecule has 66 valence electrons. The van der Waals surface area contributed by atoms with Crippen molar-refractivity contribution in [1.29, 1.82) is 0 Å². The SMILES string of the molecule is Fc1cccc(Br)c1-n1cccn1. The zero-order valence-electron chi connectivity index (χ0n) is 6.61. The molecule has 1 aromatic carbocycles. The van der Waals surface area contributed by atoms with Crippen LogP contribution in [0.1, 0.15) is 0 Å². The first-order chi connectivity index (χ1) is 6.29. The first kappa shape index (κ1) is 8.44. The Kier molecular flexibility index (Phi) is 2.14. The van der Waals surface area contributed by atoms with Crippen molar-refractivity contribution in [3.05, 3.63) is 46.9 Å². The molecule has 0 radical (unpaired) electrons. The van der Waals surface area contributed by atoms with Crippen LogP contribution < -0.4 is 0 Å². The van der Waals surface area contributed by atoms with Crippen LogP contribution >= 0.6 is 15.9 Å². The molecule has 13 heavy (non-hydrogen) atoms.